The number of esters is 3. The third kappa shape index (κ3) is 48.2. The summed E-state index contributed by atoms with van der Waals surface area (Å²) >= 11 is 0. The summed E-state index contributed by atoms with van der Waals surface area (Å²) in [6, 6.07) is 0. The minimum atomic E-state index is -0.830. The Morgan fingerprint density at radius 1 is 0.349 bits per heavy atom. The highest BCUT2D eigenvalue weighted by molar-refractivity contribution is 5.71. The van der Waals surface area contributed by atoms with E-state index in [9.17, 15) is 14.4 Å². The fourth-order valence-corrected chi connectivity index (χ4v) is 5.82. The molecule has 1 unspecified atom stereocenters. The van der Waals surface area contributed by atoms with Crippen LogP contribution in [0.2, 0.25) is 0 Å². The standard InChI is InChI=1S/C57H86O6/c1-4-7-10-13-16-19-22-24-26-27-28-29-31-32-35-38-41-44-47-50-56(59)62-53-54(52-61-55(58)49-46-43-40-37-34-21-18-15-12-9-6-3)63-57(60)51-48-45-42-39-36-33-30-25-23-20-17-14-11-8-5-2/h7-8,10-11,14-21,23-26,28-30,32-36,54H,4-6,9,12-13,22,27,31,37-53H2,1-3H3/b10-7-,11-8-,17-14-,18-15-,19-16-,23-20-,26-24-,29-28-,30-25-,34-21-,35-32-,36-33-. The Morgan fingerprint density at radius 2 is 0.698 bits per heavy atom. The highest BCUT2D eigenvalue weighted by Crippen LogP contribution is 2.11. The zero-order chi connectivity index (χ0) is 45.8. The zero-order valence-electron chi connectivity index (χ0n) is 39.8. The highest BCUT2D eigenvalue weighted by Gasteiger charge is 2.19. The molecule has 0 spiro atoms. The van der Waals surface area contributed by atoms with Crippen LogP contribution in [0.1, 0.15) is 175 Å². The third-order valence-electron chi connectivity index (χ3n) is 9.46. The highest BCUT2D eigenvalue weighted by atomic mass is 16.6. The van der Waals surface area contributed by atoms with Gasteiger partial charge < -0.3 is 14.2 Å². The van der Waals surface area contributed by atoms with Crippen LogP contribution in [0.5, 0.6) is 0 Å². The van der Waals surface area contributed by atoms with Crippen LogP contribution in [0.3, 0.4) is 0 Å². The quantitative estimate of drug-likeness (QED) is 0.0200. The van der Waals surface area contributed by atoms with Gasteiger partial charge in [0.2, 0.25) is 0 Å². The first kappa shape index (κ1) is 58.3. The van der Waals surface area contributed by atoms with Gasteiger partial charge in [-0.05, 0) is 103 Å². The Balaban J connectivity index is 4.57. The van der Waals surface area contributed by atoms with Crippen LogP contribution in [0.4, 0.5) is 0 Å². The van der Waals surface area contributed by atoms with Crippen molar-refractivity contribution in [1.82, 2.24) is 0 Å². The molecular formula is C57H86O6. The zero-order valence-corrected chi connectivity index (χ0v) is 39.8. The van der Waals surface area contributed by atoms with E-state index in [1.165, 1.54) is 12.8 Å². The first-order valence-corrected chi connectivity index (χ1v) is 24.4. The largest absolute Gasteiger partial charge is 0.462 e. The van der Waals surface area contributed by atoms with Gasteiger partial charge in [-0.2, -0.15) is 0 Å². The number of carbonyl (C=O) groups is 3. The van der Waals surface area contributed by atoms with Gasteiger partial charge in [-0.25, -0.2) is 0 Å². The summed E-state index contributed by atoms with van der Waals surface area (Å²) in [5, 5.41) is 0. The second-order valence-electron chi connectivity index (χ2n) is 15.4. The lowest BCUT2D eigenvalue weighted by molar-refractivity contribution is -0.167. The smallest absolute Gasteiger partial charge is 0.306 e. The summed E-state index contributed by atoms with van der Waals surface area (Å²) in [7, 11) is 0. The van der Waals surface area contributed by atoms with E-state index in [2.05, 4.69) is 118 Å². The molecule has 0 saturated heterocycles. The van der Waals surface area contributed by atoms with Gasteiger partial charge in [0.05, 0.1) is 0 Å². The number of allylic oxidation sites excluding steroid dienone is 24. The SMILES string of the molecule is CC\C=C/C=C\C=C/C=C\C=C/CCCCCC(=O)OC(COC(=O)CCCCC/C=C\C=C/CCCC)COC(=O)CCCCC/C=C\C/C=C\C/C=C\C/C=C\C/C=C\CC. The van der Waals surface area contributed by atoms with E-state index in [-0.39, 0.29) is 37.5 Å². The average Bonchev–Trinajstić information content (AvgIpc) is 3.28. The molecule has 0 heterocycles. The molecule has 6 nitrogen and oxygen atoms in total. The Bertz CT molecular complexity index is 1460. The molecule has 0 aliphatic rings. The van der Waals surface area contributed by atoms with Crippen LogP contribution in [0.15, 0.2) is 146 Å². The van der Waals surface area contributed by atoms with Crippen LogP contribution in [-0.4, -0.2) is 37.2 Å². The maximum Gasteiger partial charge on any atom is 0.306 e. The van der Waals surface area contributed by atoms with E-state index in [1.54, 1.807) is 0 Å². The van der Waals surface area contributed by atoms with E-state index in [0.717, 1.165) is 116 Å². The predicted octanol–water partition coefficient (Wildman–Crippen LogP) is 16.1. The second-order valence-corrected chi connectivity index (χ2v) is 15.4. The molecule has 0 fully saturated rings. The Labute approximate surface area is 385 Å². The van der Waals surface area contributed by atoms with Gasteiger partial charge in [0.25, 0.3) is 0 Å². The van der Waals surface area contributed by atoms with E-state index in [4.69, 9.17) is 14.2 Å². The first-order chi connectivity index (χ1) is 31.0. The molecule has 0 aliphatic carbocycles. The fraction of sp³-hybridized carbons (Fsp3) is 0.526. The number of hydrogen-bond acceptors (Lipinski definition) is 6. The minimum Gasteiger partial charge on any atom is -0.462 e. The first-order valence-electron chi connectivity index (χ1n) is 24.4. The van der Waals surface area contributed by atoms with Gasteiger partial charge in [0.15, 0.2) is 6.10 Å². The summed E-state index contributed by atoms with van der Waals surface area (Å²) in [6.07, 6.45) is 71.1. The predicted molar refractivity (Wildman–Crippen MR) is 269 cm³/mol. The Kier molecular flexibility index (Phi) is 46.2. The number of unbranched alkanes of at least 4 members (excludes halogenated alkanes) is 11. The van der Waals surface area contributed by atoms with Crippen LogP contribution in [0, 0.1) is 0 Å². The summed E-state index contributed by atoms with van der Waals surface area (Å²) in [4.78, 5) is 37.9. The molecule has 0 N–H and O–H groups in total. The number of rotatable bonds is 41. The summed E-state index contributed by atoms with van der Waals surface area (Å²) in [5.74, 6) is -1.04. The molecule has 63 heavy (non-hydrogen) atoms. The topological polar surface area (TPSA) is 78.9 Å². The summed E-state index contributed by atoms with van der Waals surface area (Å²) in [5.41, 5.74) is 0. The third-order valence-corrected chi connectivity index (χ3v) is 9.46. The summed E-state index contributed by atoms with van der Waals surface area (Å²) in [6.45, 7) is 6.20. The van der Waals surface area contributed by atoms with Crippen molar-refractivity contribution in [3.63, 3.8) is 0 Å². The molecular weight excluding hydrogens is 781 g/mol. The lowest BCUT2D eigenvalue weighted by Gasteiger charge is -2.18. The molecule has 0 bridgehead atoms. The van der Waals surface area contributed by atoms with Crippen molar-refractivity contribution in [1.29, 1.82) is 0 Å². The molecule has 0 aromatic carbocycles. The van der Waals surface area contributed by atoms with Crippen molar-refractivity contribution in [2.45, 2.75) is 181 Å². The van der Waals surface area contributed by atoms with E-state index >= 15 is 0 Å². The van der Waals surface area contributed by atoms with E-state index in [1.807, 2.05) is 48.6 Å². The van der Waals surface area contributed by atoms with E-state index in [0.29, 0.717) is 19.3 Å². The maximum absolute atomic E-state index is 12.8. The average molecular weight is 867 g/mol. The van der Waals surface area contributed by atoms with Crippen molar-refractivity contribution in [3.8, 4) is 0 Å². The van der Waals surface area contributed by atoms with Gasteiger partial charge in [0.1, 0.15) is 13.2 Å². The molecule has 0 radical (unpaired) electrons. The van der Waals surface area contributed by atoms with E-state index < -0.39 is 6.10 Å². The normalized spacial score (nSPS) is 13.4. The maximum atomic E-state index is 12.8. The van der Waals surface area contributed by atoms with Crippen LogP contribution in [-0.2, 0) is 28.6 Å². The van der Waals surface area contributed by atoms with Gasteiger partial charge in [0, 0.05) is 19.3 Å². The van der Waals surface area contributed by atoms with Gasteiger partial charge >= 0.3 is 17.9 Å². The lowest BCUT2D eigenvalue weighted by atomic mass is 10.1. The van der Waals surface area contributed by atoms with Crippen LogP contribution >= 0.6 is 0 Å². The Hall–Kier alpha value is -4.71. The molecule has 6 heteroatoms. The molecule has 1 atom stereocenters. The molecule has 0 saturated carbocycles. The van der Waals surface area contributed by atoms with Gasteiger partial charge in [-0.1, -0.05) is 199 Å². The van der Waals surface area contributed by atoms with Crippen molar-refractivity contribution < 1.29 is 28.6 Å². The number of ether oxygens (including phenoxy) is 3. The van der Waals surface area contributed by atoms with Gasteiger partial charge in [-0.15, -0.1) is 0 Å². The van der Waals surface area contributed by atoms with Crippen molar-refractivity contribution >= 4 is 17.9 Å². The number of hydrogen-bond donors (Lipinski definition) is 0. The molecule has 0 aliphatic heterocycles. The van der Waals surface area contributed by atoms with Gasteiger partial charge in [-0.3, -0.25) is 14.4 Å². The minimum absolute atomic E-state index is 0.127. The summed E-state index contributed by atoms with van der Waals surface area (Å²) < 4.78 is 16.7. The molecule has 0 amide bonds. The molecule has 350 valence electrons. The Morgan fingerprint density at radius 3 is 1.14 bits per heavy atom. The molecule has 0 rings (SSSR count). The van der Waals surface area contributed by atoms with Crippen molar-refractivity contribution in [3.05, 3.63) is 146 Å². The second kappa shape index (κ2) is 49.9. The van der Waals surface area contributed by atoms with Crippen molar-refractivity contribution in [2.75, 3.05) is 13.2 Å². The fourth-order valence-electron chi connectivity index (χ4n) is 5.82. The van der Waals surface area contributed by atoms with Crippen molar-refractivity contribution in [2.24, 2.45) is 0 Å². The molecule has 0 aromatic rings. The molecule has 0 aromatic heterocycles. The number of carbonyl (C=O) groups excluding carboxylic acids is 3. The monoisotopic (exact) mass is 867 g/mol. The van der Waals surface area contributed by atoms with Crippen LogP contribution < -0.4 is 0 Å². The lowest BCUT2D eigenvalue weighted by Crippen LogP contribution is -2.30. The van der Waals surface area contributed by atoms with Crippen LogP contribution in [0.25, 0.3) is 0 Å².